The largest absolute Gasteiger partial charge is 0.354 e. The molecule has 132 valence electrons. The lowest BCUT2D eigenvalue weighted by Gasteiger charge is -2.26. The number of nitrogens with zero attached hydrogens (tertiary/aromatic N) is 1. The van der Waals surface area contributed by atoms with Gasteiger partial charge in [-0.05, 0) is 38.0 Å². The Hall–Kier alpha value is -0.780. The first kappa shape index (κ1) is 17.1. The smallest absolute Gasteiger partial charge is 0.191 e. The van der Waals surface area contributed by atoms with Gasteiger partial charge in [-0.25, -0.2) is 8.42 Å². The summed E-state index contributed by atoms with van der Waals surface area (Å²) in [6.07, 6.45) is 12.2. The molecule has 3 fully saturated rings. The third-order valence-electron chi connectivity index (χ3n) is 5.48. The van der Waals surface area contributed by atoms with Gasteiger partial charge in [0.05, 0.1) is 11.5 Å². The summed E-state index contributed by atoms with van der Waals surface area (Å²) >= 11 is 0. The van der Waals surface area contributed by atoms with Crippen molar-refractivity contribution in [2.45, 2.75) is 76.3 Å². The summed E-state index contributed by atoms with van der Waals surface area (Å²) in [5.41, 5.74) is 0. The van der Waals surface area contributed by atoms with Crippen LogP contribution in [0.25, 0.3) is 0 Å². The van der Waals surface area contributed by atoms with Gasteiger partial charge in [0.25, 0.3) is 0 Å². The van der Waals surface area contributed by atoms with Crippen LogP contribution >= 0.6 is 0 Å². The van der Waals surface area contributed by atoms with Gasteiger partial charge in [-0.15, -0.1) is 0 Å². The molecule has 0 amide bonds. The van der Waals surface area contributed by atoms with Gasteiger partial charge in [0.1, 0.15) is 0 Å². The third-order valence-corrected chi connectivity index (χ3v) is 7.31. The van der Waals surface area contributed by atoms with Crippen LogP contribution < -0.4 is 10.6 Å². The fraction of sp³-hybridized carbons (Fsp3) is 0.941. The number of rotatable bonds is 4. The maximum Gasteiger partial charge on any atom is 0.191 e. The van der Waals surface area contributed by atoms with Crippen molar-refractivity contribution < 1.29 is 8.42 Å². The van der Waals surface area contributed by atoms with Gasteiger partial charge in [0.2, 0.25) is 0 Å². The van der Waals surface area contributed by atoms with Crippen LogP contribution in [0, 0.1) is 5.92 Å². The standard InChI is InChI=1S/C17H31N3O2S/c21-23(22)11-10-14(13-23)12-18-17(20-16-8-4-5-9-16)19-15-6-2-1-3-7-15/h14-16H,1-13H2,(H2,18,19,20). The Bertz CT molecular complexity index is 506. The minimum absolute atomic E-state index is 0.202. The van der Waals surface area contributed by atoms with E-state index in [0.717, 1.165) is 12.4 Å². The number of guanidine groups is 1. The maximum atomic E-state index is 11.6. The lowest BCUT2D eigenvalue weighted by molar-refractivity contribution is 0.407. The van der Waals surface area contributed by atoms with E-state index in [1.54, 1.807) is 0 Å². The average molecular weight is 342 g/mol. The van der Waals surface area contributed by atoms with Crippen LogP contribution in [0.3, 0.4) is 0 Å². The molecule has 1 aliphatic heterocycles. The maximum absolute atomic E-state index is 11.6. The zero-order valence-electron chi connectivity index (χ0n) is 14.1. The summed E-state index contributed by atoms with van der Waals surface area (Å²) in [6.45, 7) is 0.633. The summed E-state index contributed by atoms with van der Waals surface area (Å²) in [5.74, 6) is 1.78. The minimum Gasteiger partial charge on any atom is -0.354 e. The molecule has 2 saturated carbocycles. The van der Waals surface area contributed by atoms with E-state index in [0.29, 0.717) is 30.1 Å². The number of nitrogens with one attached hydrogen (secondary N) is 2. The van der Waals surface area contributed by atoms with Gasteiger partial charge in [-0.1, -0.05) is 32.1 Å². The highest BCUT2D eigenvalue weighted by atomic mass is 32.2. The molecule has 23 heavy (non-hydrogen) atoms. The van der Waals surface area contributed by atoms with E-state index < -0.39 is 9.84 Å². The van der Waals surface area contributed by atoms with E-state index in [1.807, 2.05) is 0 Å². The summed E-state index contributed by atoms with van der Waals surface area (Å²) < 4.78 is 23.2. The lowest BCUT2D eigenvalue weighted by atomic mass is 9.96. The second-order valence-electron chi connectivity index (χ2n) is 7.56. The summed E-state index contributed by atoms with van der Waals surface area (Å²) in [5, 5.41) is 7.21. The summed E-state index contributed by atoms with van der Waals surface area (Å²) in [7, 11) is -2.80. The van der Waals surface area contributed by atoms with Gasteiger partial charge in [0.15, 0.2) is 15.8 Å². The van der Waals surface area contributed by atoms with Crippen LogP contribution in [0.15, 0.2) is 4.99 Å². The number of sulfone groups is 1. The van der Waals surface area contributed by atoms with E-state index in [2.05, 4.69) is 10.6 Å². The first-order valence-electron chi connectivity index (χ1n) is 9.39. The minimum atomic E-state index is -2.80. The Kier molecular flexibility index (Phi) is 5.83. The van der Waals surface area contributed by atoms with Crippen molar-refractivity contribution in [1.82, 2.24) is 10.6 Å². The summed E-state index contributed by atoms with van der Waals surface area (Å²) in [4.78, 5) is 4.76. The van der Waals surface area contributed by atoms with Crippen molar-refractivity contribution in [1.29, 1.82) is 0 Å². The van der Waals surface area contributed by atoms with Crippen molar-refractivity contribution in [3.05, 3.63) is 0 Å². The molecular weight excluding hydrogens is 310 g/mol. The Morgan fingerprint density at radius 3 is 1.96 bits per heavy atom. The third kappa shape index (κ3) is 5.37. The van der Waals surface area contributed by atoms with Crippen molar-refractivity contribution in [2.24, 2.45) is 10.9 Å². The number of hydrogen-bond acceptors (Lipinski definition) is 3. The lowest BCUT2D eigenvalue weighted by Crippen LogP contribution is -2.47. The molecule has 3 rings (SSSR count). The molecule has 0 aromatic rings. The molecule has 0 aromatic carbocycles. The molecular formula is C17H31N3O2S. The first-order valence-corrected chi connectivity index (χ1v) is 11.2. The van der Waals surface area contributed by atoms with E-state index >= 15 is 0 Å². The Morgan fingerprint density at radius 1 is 0.870 bits per heavy atom. The van der Waals surface area contributed by atoms with Crippen LogP contribution in [0.5, 0.6) is 0 Å². The molecule has 6 heteroatoms. The molecule has 1 heterocycles. The van der Waals surface area contributed by atoms with E-state index in [9.17, 15) is 8.42 Å². The molecule has 0 radical (unpaired) electrons. The monoisotopic (exact) mass is 341 g/mol. The van der Waals surface area contributed by atoms with Gasteiger partial charge in [-0.3, -0.25) is 4.99 Å². The Morgan fingerprint density at radius 2 is 1.43 bits per heavy atom. The van der Waals surface area contributed by atoms with E-state index in [1.165, 1.54) is 57.8 Å². The second-order valence-corrected chi connectivity index (χ2v) is 9.79. The fourth-order valence-electron chi connectivity index (χ4n) is 4.07. The highest BCUT2D eigenvalue weighted by Crippen LogP contribution is 2.21. The van der Waals surface area contributed by atoms with Gasteiger partial charge in [0, 0.05) is 18.6 Å². The van der Waals surface area contributed by atoms with Crippen molar-refractivity contribution >= 4 is 15.8 Å². The van der Waals surface area contributed by atoms with Gasteiger partial charge in [-0.2, -0.15) is 0 Å². The van der Waals surface area contributed by atoms with Crippen LogP contribution in [0.1, 0.15) is 64.2 Å². The molecule has 0 spiro atoms. The Balaban J connectivity index is 1.57. The molecule has 3 aliphatic rings. The van der Waals surface area contributed by atoms with Crippen LogP contribution in [0.4, 0.5) is 0 Å². The van der Waals surface area contributed by atoms with E-state index in [-0.39, 0.29) is 5.92 Å². The molecule has 1 saturated heterocycles. The van der Waals surface area contributed by atoms with Crippen LogP contribution in [-0.4, -0.2) is 44.5 Å². The van der Waals surface area contributed by atoms with Crippen LogP contribution in [0.2, 0.25) is 0 Å². The number of aliphatic imine (C=N–C) groups is 1. The molecule has 0 bridgehead atoms. The highest BCUT2D eigenvalue weighted by Gasteiger charge is 2.28. The number of hydrogen-bond donors (Lipinski definition) is 2. The zero-order valence-corrected chi connectivity index (χ0v) is 14.9. The molecule has 1 unspecified atom stereocenters. The summed E-state index contributed by atoms with van der Waals surface area (Å²) in [6, 6.07) is 1.07. The average Bonchev–Trinajstić information content (AvgIpc) is 3.15. The second kappa shape index (κ2) is 7.86. The predicted molar refractivity (Wildman–Crippen MR) is 94.5 cm³/mol. The highest BCUT2D eigenvalue weighted by molar-refractivity contribution is 7.91. The quantitative estimate of drug-likeness (QED) is 0.608. The first-order chi connectivity index (χ1) is 11.1. The topological polar surface area (TPSA) is 70.6 Å². The molecule has 2 N–H and O–H groups in total. The fourth-order valence-corrected chi connectivity index (χ4v) is 5.92. The SMILES string of the molecule is O=S1(=O)CCC(CN=C(NC2CCCCC2)NC2CCCC2)C1. The van der Waals surface area contributed by atoms with Crippen molar-refractivity contribution in [2.75, 3.05) is 18.1 Å². The van der Waals surface area contributed by atoms with Gasteiger partial charge < -0.3 is 10.6 Å². The zero-order chi connectivity index (χ0) is 16.1. The van der Waals surface area contributed by atoms with E-state index in [4.69, 9.17) is 4.99 Å². The normalized spacial score (nSPS) is 29.7. The van der Waals surface area contributed by atoms with Crippen molar-refractivity contribution in [3.63, 3.8) is 0 Å². The molecule has 5 nitrogen and oxygen atoms in total. The molecule has 1 atom stereocenters. The molecule has 2 aliphatic carbocycles. The van der Waals surface area contributed by atoms with Crippen molar-refractivity contribution in [3.8, 4) is 0 Å². The molecule has 0 aromatic heterocycles. The predicted octanol–water partition coefficient (Wildman–Crippen LogP) is 2.23. The van der Waals surface area contributed by atoms with Gasteiger partial charge >= 0.3 is 0 Å². The van der Waals surface area contributed by atoms with Crippen LogP contribution in [-0.2, 0) is 9.84 Å². The Labute approximate surface area is 140 Å².